The highest BCUT2D eigenvalue weighted by Gasteiger charge is 2.26. The van der Waals surface area contributed by atoms with Gasteiger partial charge in [-0.3, -0.25) is 19.0 Å². The summed E-state index contributed by atoms with van der Waals surface area (Å²) in [5.41, 5.74) is -0.585. The molecule has 1 fully saturated rings. The van der Waals surface area contributed by atoms with Gasteiger partial charge in [0.25, 0.3) is 0 Å². The molecule has 0 radical (unpaired) electrons. The lowest BCUT2D eigenvalue weighted by Gasteiger charge is -2.23. The van der Waals surface area contributed by atoms with Crippen LogP contribution in [0.3, 0.4) is 0 Å². The first-order chi connectivity index (χ1) is 14.6. The molecule has 0 saturated heterocycles. The van der Waals surface area contributed by atoms with Crippen molar-refractivity contribution in [1.82, 2.24) is 19.7 Å². The van der Waals surface area contributed by atoms with Gasteiger partial charge < -0.3 is 15.0 Å². The molecule has 1 aliphatic heterocycles. The van der Waals surface area contributed by atoms with Crippen LogP contribution in [0.15, 0.2) is 33.9 Å². The Bertz CT molecular complexity index is 1020. The number of aromatic nitrogens is 3. The summed E-state index contributed by atoms with van der Waals surface area (Å²) in [5.74, 6) is 0.843. The van der Waals surface area contributed by atoms with Crippen molar-refractivity contribution in [2.75, 3.05) is 18.1 Å². The van der Waals surface area contributed by atoms with E-state index in [1.165, 1.54) is 11.0 Å². The van der Waals surface area contributed by atoms with Crippen LogP contribution in [-0.4, -0.2) is 39.4 Å². The summed E-state index contributed by atoms with van der Waals surface area (Å²) >= 11 is 0. The predicted octanol–water partition coefficient (Wildman–Crippen LogP) is 1.40. The van der Waals surface area contributed by atoms with Crippen LogP contribution in [0.4, 0.5) is 11.6 Å². The second-order valence-corrected chi connectivity index (χ2v) is 7.70. The number of nitrogens with one attached hydrogen (secondary N) is 1. The van der Waals surface area contributed by atoms with Gasteiger partial charge in [0.2, 0.25) is 11.9 Å². The van der Waals surface area contributed by atoms with Crippen LogP contribution in [0.1, 0.15) is 39.0 Å². The van der Waals surface area contributed by atoms with Crippen molar-refractivity contribution < 1.29 is 9.53 Å². The Labute approximate surface area is 174 Å². The largest absolute Gasteiger partial charge is 0.494 e. The number of anilines is 2. The molecule has 9 nitrogen and oxygen atoms in total. The Hall–Kier alpha value is -3.10. The highest BCUT2D eigenvalue weighted by molar-refractivity contribution is 5.76. The predicted molar refractivity (Wildman–Crippen MR) is 112 cm³/mol. The highest BCUT2D eigenvalue weighted by atomic mass is 16.5. The molecule has 0 atom stereocenters. The van der Waals surface area contributed by atoms with Crippen molar-refractivity contribution in [3.63, 3.8) is 0 Å². The van der Waals surface area contributed by atoms with Crippen LogP contribution in [-0.2, 0) is 17.9 Å². The van der Waals surface area contributed by atoms with Crippen molar-refractivity contribution in [3.8, 4) is 5.75 Å². The molecule has 0 spiro atoms. The average Bonchev–Trinajstić information content (AvgIpc) is 3.17. The normalized spacial score (nSPS) is 16.4. The van der Waals surface area contributed by atoms with Crippen molar-refractivity contribution in [2.24, 2.45) is 0 Å². The number of carbonyl (C=O) groups excluding carboxylic acids is 1. The topological polar surface area (TPSA) is 98.5 Å². The molecular weight excluding hydrogens is 386 g/mol. The van der Waals surface area contributed by atoms with Gasteiger partial charge in [-0.05, 0) is 44.0 Å². The molecule has 30 heavy (non-hydrogen) atoms. The molecule has 1 N–H and O–H groups in total. The van der Waals surface area contributed by atoms with Gasteiger partial charge in [0.1, 0.15) is 12.3 Å². The van der Waals surface area contributed by atoms with E-state index in [2.05, 4.69) is 10.4 Å². The zero-order valence-corrected chi connectivity index (χ0v) is 17.2. The third kappa shape index (κ3) is 4.10. The molecule has 2 aliphatic rings. The van der Waals surface area contributed by atoms with Gasteiger partial charge in [0.15, 0.2) is 0 Å². The van der Waals surface area contributed by atoms with E-state index in [9.17, 15) is 14.4 Å². The number of amides is 1. The van der Waals surface area contributed by atoms with E-state index in [-0.39, 0.29) is 18.5 Å². The maximum Gasteiger partial charge on any atom is 0.333 e. The first-order valence-electron chi connectivity index (χ1n) is 10.6. The van der Waals surface area contributed by atoms with Gasteiger partial charge in [-0.1, -0.05) is 19.3 Å². The molecule has 1 aromatic heterocycles. The van der Waals surface area contributed by atoms with Crippen molar-refractivity contribution in [1.29, 1.82) is 0 Å². The number of benzene rings is 1. The zero-order valence-electron chi connectivity index (χ0n) is 17.2. The smallest absolute Gasteiger partial charge is 0.333 e. The minimum atomic E-state index is -0.772. The number of carbonyl (C=O) groups is 1. The first kappa shape index (κ1) is 20.2. The molecule has 1 aromatic carbocycles. The number of rotatable bonds is 6. The van der Waals surface area contributed by atoms with Crippen LogP contribution in [0.5, 0.6) is 5.75 Å². The van der Waals surface area contributed by atoms with E-state index < -0.39 is 11.1 Å². The summed E-state index contributed by atoms with van der Waals surface area (Å²) in [6, 6.07) is 7.62. The van der Waals surface area contributed by atoms with Gasteiger partial charge in [-0.25, -0.2) is 4.68 Å². The Morgan fingerprint density at radius 3 is 2.53 bits per heavy atom. The Balaban J connectivity index is 1.56. The highest BCUT2D eigenvalue weighted by Crippen LogP contribution is 2.28. The fourth-order valence-electron chi connectivity index (χ4n) is 4.12. The summed E-state index contributed by atoms with van der Waals surface area (Å²) in [6.45, 7) is 3.14. The summed E-state index contributed by atoms with van der Waals surface area (Å²) in [5, 5.41) is 7.33. The molecule has 1 amide bonds. The molecule has 4 rings (SSSR count). The third-order valence-electron chi connectivity index (χ3n) is 5.63. The number of fused-ring (bicyclic) bond motifs is 1. The lowest BCUT2D eigenvalue weighted by Crippen LogP contribution is -2.46. The summed E-state index contributed by atoms with van der Waals surface area (Å²) < 4.78 is 7.83. The standard InChI is InChI=1S/C21H27N5O4/c1-2-30-17-10-8-16(9-11-17)24-12-13-25-19(28)20(29)26(23-21(24)25)14-18(27)22-15-6-4-3-5-7-15/h8-11,15H,2-7,12-14H2,1H3,(H,22,27). The minimum absolute atomic E-state index is 0.137. The van der Waals surface area contributed by atoms with E-state index in [0.717, 1.165) is 41.8 Å². The maximum atomic E-state index is 12.6. The molecule has 9 heteroatoms. The molecule has 160 valence electrons. The summed E-state index contributed by atoms with van der Waals surface area (Å²) in [4.78, 5) is 39.4. The Morgan fingerprint density at radius 1 is 1.10 bits per heavy atom. The van der Waals surface area contributed by atoms with E-state index in [4.69, 9.17) is 4.74 Å². The van der Waals surface area contributed by atoms with Crippen LogP contribution >= 0.6 is 0 Å². The van der Waals surface area contributed by atoms with E-state index in [1.807, 2.05) is 36.1 Å². The fraction of sp³-hybridized carbons (Fsp3) is 0.524. The minimum Gasteiger partial charge on any atom is -0.494 e. The van der Waals surface area contributed by atoms with E-state index in [0.29, 0.717) is 25.6 Å². The zero-order chi connectivity index (χ0) is 21.1. The number of nitrogens with zero attached hydrogens (tertiary/aromatic N) is 4. The first-order valence-corrected chi connectivity index (χ1v) is 10.6. The van der Waals surface area contributed by atoms with Crippen molar-refractivity contribution >= 4 is 17.5 Å². The number of hydrogen-bond donors (Lipinski definition) is 1. The average molecular weight is 413 g/mol. The van der Waals surface area contributed by atoms with Gasteiger partial charge in [-0.15, -0.1) is 5.10 Å². The van der Waals surface area contributed by atoms with E-state index >= 15 is 0 Å². The Morgan fingerprint density at radius 2 is 1.83 bits per heavy atom. The summed E-state index contributed by atoms with van der Waals surface area (Å²) in [7, 11) is 0. The molecule has 2 aromatic rings. The van der Waals surface area contributed by atoms with Crippen LogP contribution < -0.4 is 26.1 Å². The van der Waals surface area contributed by atoms with Crippen LogP contribution in [0.2, 0.25) is 0 Å². The molecule has 1 saturated carbocycles. The molecule has 0 bridgehead atoms. The van der Waals surface area contributed by atoms with Crippen LogP contribution in [0.25, 0.3) is 0 Å². The molecule has 2 heterocycles. The monoisotopic (exact) mass is 413 g/mol. The quantitative estimate of drug-likeness (QED) is 0.719. The second-order valence-electron chi connectivity index (χ2n) is 7.70. The lowest BCUT2D eigenvalue weighted by molar-refractivity contribution is -0.122. The fourth-order valence-corrected chi connectivity index (χ4v) is 4.12. The van der Waals surface area contributed by atoms with Crippen molar-refractivity contribution in [2.45, 2.75) is 58.2 Å². The van der Waals surface area contributed by atoms with Crippen molar-refractivity contribution in [3.05, 3.63) is 45.0 Å². The van der Waals surface area contributed by atoms with Crippen LogP contribution in [0, 0.1) is 0 Å². The van der Waals surface area contributed by atoms with Gasteiger partial charge in [0.05, 0.1) is 6.61 Å². The van der Waals surface area contributed by atoms with Gasteiger partial charge >= 0.3 is 11.1 Å². The molecule has 1 aliphatic carbocycles. The van der Waals surface area contributed by atoms with Gasteiger partial charge in [0, 0.05) is 24.8 Å². The number of ether oxygens (including phenoxy) is 1. The second kappa shape index (κ2) is 8.73. The number of hydrogen-bond acceptors (Lipinski definition) is 6. The lowest BCUT2D eigenvalue weighted by atomic mass is 9.95. The third-order valence-corrected chi connectivity index (χ3v) is 5.63. The maximum absolute atomic E-state index is 12.6. The van der Waals surface area contributed by atoms with E-state index in [1.54, 1.807) is 0 Å². The molecule has 0 unspecified atom stereocenters. The molecular formula is C21H27N5O4. The summed E-state index contributed by atoms with van der Waals surface area (Å²) in [6.07, 6.45) is 5.29. The van der Waals surface area contributed by atoms with Gasteiger partial charge in [-0.2, -0.15) is 0 Å². The SMILES string of the molecule is CCOc1ccc(N2CCn3c2nn(CC(=O)NC2CCCCC2)c(=O)c3=O)cc1. The Kier molecular flexibility index (Phi) is 5.87.